The summed E-state index contributed by atoms with van der Waals surface area (Å²) < 4.78 is 0. The standard InChI is InChI=1S/C7H14OS/c1-3-7(8)5-6-9-4-2/h3-6H2,1-2H3. The van der Waals surface area contributed by atoms with Crippen LogP contribution in [-0.2, 0) is 4.79 Å². The van der Waals surface area contributed by atoms with Crippen LogP contribution >= 0.6 is 11.8 Å². The largest absolute Gasteiger partial charge is 0.300 e. The summed E-state index contributed by atoms with van der Waals surface area (Å²) in [5.74, 6) is 2.51. The van der Waals surface area contributed by atoms with Crippen molar-refractivity contribution in [1.82, 2.24) is 0 Å². The second-order valence-corrected chi connectivity index (χ2v) is 3.23. The van der Waals surface area contributed by atoms with Crippen LogP contribution in [0.5, 0.6) is 0 Å². The monoisotopic (exact) mass is 146 g/mol. The van der Waals surface area contributed by atoms with E-state index in [1.165, 1.54) is 0 Å². The van der Waals surface area contributed by atoms with Crippen LogP contribution in [0.4, 0.5) is 0 Å². The molecule has 0 saturated carbocycles. The fraction of sp³-hybridized carbons (Fsp3) is 0.857. The highest BCUT2D eigenvalue weighted by Gasteiger charge is 1.95. The van der Waals surface area contributed by atoms with Crippen molar-refractivity contribution < 1.29 is 4.79 Å². The van der Waals surface area contributed by atoms with Gasteiger partial charge in [0, 0.05) is 18.6 Å². The Morgan fingerprint density at radius 2 is 2.11 bits per heavy atom. The first-order valence-electron chi connectivity index (χ1n) is 3.40. The minimum atomic E-state index is 0.385. The third-order valence-corrected chi connectivity index (χ3v) is 2.02. The molecule has 0 bridgehead atoms. The highest BCUT2D eigenvalue weighted by Crippen LogP contribution is 2.01. The van der Waals surface area contributed by atoms with Crippen molar-refractivity contribution in [2.24, 2.45) is 0 Å². The summed E-state index contributed by atoms with van der Waals surface area (Å²) in [5, 5.41) is 0. The zero-order valence-corrected chi connectivity index (χ0v) is 6.96. The van der Waals surface area contributed by atoms with Gasteiger partial charge in [-0.2, -0.15) is 11.8 Å². The van der Waals surface area contributed by atoms with Crippen molar-refractivity contribution >= 4 is 17.5 Å². The fourth-order valence-corrected chi connectivity index (χ4v) is 1.17. The molecule has 0 atom stereocenters. The van der Waals surface area contributed by atoms with Crippen LogP contribution in [0.15, 0.2) is 0 Å². The van der Waals surface area contributed by atoms with Crippen LogP contribution in [0.1, 0.15) is 26.7 Å². The van der Waals surface area contributed by atoms with Crippen molar-refractivity contribution in [3.8, 4) is 0 Å². The molecule has 1 nitrogen and oxygen atoms in total. The van der Waals surface area contributed by atoms with Gasteiger partial charge in [-0.15, -0.1) is 0 Å². The van der Waals surface area contributed by atoms with Crippen LogP contribution in [-0.4, -0.2) is 17.3 Å². The second-order valence-electron chi connectivity index (χ2n) is 1.84. The number of thioether (sulfide) groups is 1. The van der Waals surface area contributed by atoms with E-state index < -0.39 is 0 Å². The minimum absolute atomic E-state index is 0.385. The molecule has 2 heteroatoms. The molecule has 54 valence electrons. The highest BCUT2D eigenvalue weighted by atomic mass is 32.2. The van der Waals surface area contributed by atoms with Crippen LogP contribution < -0.4 is 0 Å². The van der Waals surface area contributed by atoms with Gasteiger partial charge in [0.15, 0.2) is 0 Å². The van der Waals surface area contributed by atoms with Gasteiger partial charge in [0.2, 0.25) is 0 Å². The van der Waals surface area contributed by atoms with Crippen molar-refractivity contribution in [2.75, 3.05) is 11.5 Å². The molecule has 0 rings (SSSR count). The van der Waals surface area contributed by atoms with Gasteiger partial charge in [-0.05, 0) is 5.75 Å². The molecule has 0 aliphatic heterocycles. The summed E-state index contributed by atoms with van der Waals surface area (Å²) in [4.78, 5) is 10.7. The topological polar surface area (TPSA) is 17.1 Å². The van der Waals surface area contributed by atoms with Gasteiger partial charge in [-0.3, -0.25) is 4.79 Å². The summed E-state index contributed by atoms with van der Waals surface area (Å²) in [6.07, 6.45) is 1.46. The Hall–Kier alpha value is 0.0200. The molecule has 0 aromatic carbocycles. The lowest BCUT2D eigenvalue weighted by molar-refractivity contribution is -0.118. The lowest BCUT2D eigenvalue weighted by atomic mass is 10.2. The molecular formula is C7H14OS. The molecule has 0 saturated heterocycles. The molecule has 0 N–H and O–H groups in total. The Balaban J connectivity index is 2.97. The predicted molar refractivity (Wildman–Crippen MR) is 42.9 cm³/mol. The molecule has 0 fully saturated rings. The summed E-state index contributed by atoms with van der Waals surface area (Å²) >= 11 is 1.83. The number of Topliss-reactive ketones (excluding diaryl/α,β-unsaturated/α-hetero) is 1. The second kappa shape index (κ2) is 6.14. The van der Waals surface area contributed by atoms with Crippen LogP contribution in [0.25, 0.3) is 0 Å². The van der Waals surface area contributed by atoms with E-state index in [4.69, 9.17) is 0 Å². The fourth-order valence-electron chi connectivity index (χ4n) is 0.507. The van der Waals surface area contributed by atoms with Gasteiger partial charge in [-0.25, -0.2) is 0 Å². The van der Waals surface area contributed by atoms with Gasteiger partial charge < -0.3 is 0 Å². The minimum Gasteiger partial charge on any atom is -0.300 e. The predicted octanol–water partition coefficient (Wildman–Crippen LogP) is 2.11. The molecule has 0 aliphatic carbocycles. The lowest BCUT2D eigenvalue weighted by Gasteiger charge is -1.94. The maximum absolute atomic E-state index is 10.7. The van der Waals surface area contributed by atoms with Gasteiger partial charge >= 0.3 is 0 Å². The van der Waals surface area contributed by atoms with E-state index in [9.17, 15) is 4.79 Å². The number of carbonyl (C=O) groups is 1. The van der Waals surface area contributed by atoms with Gasteiger partial charge in [0.1, 0.15) is 5.78 Å². The normalized spacial score (nSPS) is 9.56. The maximum atomic E-state index is 10.7. The SMILES string of the molecule is CCSCCC(=O)CC. The van der Waals surface area contributed by atoms with Crippen LogP contribution in [0, 0.1) is 0 Å². The Morgan fingerprint density at radius 3 is 2.56 bits per heavy atom. The smallest absolute Gasteiger partial charge is 0.133 e. The number of rotatable bonds is 5. The van der Waals surface area contributed by atoms with E-state index in [2.05, 4.69) is 6.92 Å². The number of hydrogen-bond acceptors (Lipinski definition) is 2. The average molecular weight is 146 g/mol. The molecule has 9 heavy (non-hydrogen) atoms. The average Bonchev–Trinajstić information content (AvgIpc) is 1.89. The summed E-state index contributed by atoms with van der Waals surface area (Å²) in [6.45, 7) is 4.03. The Labute approximate surface area is 61.2 Å². The van der Waals surface area contributed by atoms with Gasteiger partial charge in [0.05, 0.1) is 0 Å². The molecule has 0 unspecified atom stereocenters. The van der Waals surface area contributed by atoms with E-state index in [-0.39, 0.29) is 0 Å². The molecular weight excluding hydrogens is 132 g/mol. The zero-order chi connectivity index (χ0) is 7.11. The van der Waals surface area contributed by atoms with Gasteiger partial charge in [0.25, 0.3) is 0 Å². The number of carbonyl (C=O) groups excluding carboxylic acids is 1. The number of ketones is 1. The lowest BCUT2D eigenvalue weighted by Crippen LogP contribution is -1.96. The van der Waals surface area contributed by atoms with E-state index in [1.54, 1.807) is 0 Å². The summed E-state index contributed by atoms with van der Waals surface area (Å²) in [5.41, 5.74) is 0. The molecule has 0 amide bonds. The van der Waals surface area contributed by atoms with Crippen LogP contribution in [0.3, 0.4) is 0 Å². The van der Waals surface area contributed by atoms with E-state index in [1.807, 2.05) is 18.7 Å². The molecule has 0 aromatic rings. The zero-order valence-electron chi connectivity index (χ0n) is 6.14. The van der Waals surface area contributed by atoms with E-state index in [0.717, 1.165) is 17.9 Å². The first kappa shape index (κ1) is 9.02. The Bertz CT molecular complexity index is 81.0. The van der Waals surface area contributed by atoms with Gasteiger partial charge in [-0.1, -0.05) is 13.8 Å². The summed E-state index contributed by atoms with van der Waals surface area (Å²) in [6, 6.07) is 0. The molecule has 0 spiro atoms. The third-order valence-electron chi connectivity index (χ3n) is 1.12. The quantitative estimate of drug-likeness (QED) is 0.552. The maximum Gasteiger partial charge on any atom is 0.133 e. The first-order valence-corrected chi connectivity index (χ1v) is 4.56. The Morgan fingerprint density at radius 1 is 1.44 bits per heavy atom. The molecule has 0 aromatic heterocycles. The third kappa shape index (κ3) is 5.90. The molecule has 0 radical (unpaired) electrons. The summed E-state index contributed by atoms with van der Waals surface area (Å²) in [7, 11) is 0. The van der Waals surface area contributed by atoms with E-state index in [0.29, 0.717) is 12.2 Å². The van der Waals surface area contributed by atoms with Crippen molar-refractivity contribution in [3.63, 3.8) is 0 Å². The van der Waals surface area contributed by atoms with E-state index >= 15 is 0 Å². The van der Waals surface area contributed by atoms with Crippen molar-refractivity contribution in [3.05, 3.63) is 0 Å². The highest BCUT2D eigenvalue weighted by molar-refractivity contribution is 7.99. The molecule has 0 aliphatic rings. The number of hydrogen-bond donors (Lipinski definition) is 0. The van der Waals surface area contributed by atoms with Crippen LogP contribution in [0.2, 0.25) is 0 Å². The van der Waals surface area contributed by atoms with Crippen molar-refractivity contribution in [1.29, 1.82) is 0 Å². The Kier molecular flexibility index (Phi) is 6.16. The first-order chi connectivity index (χ1) is 4.31. The van der Waals surface area contributed by atoms with Crippen molar-refractivity contribution in [2.45, 2.75) is 26.7 Å². The molecule has 0 heterocycles.